The Kier molecular flexibility index (Phi) is 5.45. The topological polar surface area (TPSA) is 90.1 Å². The molecule has 3 rings (SSSR count). The Hall–Kier alpha value is -2.25. The summed E-state index contributed by atoms with van der Waals surface area (Å²) in [4.78, 5) is 26.2. The molecule has 2 heterocycles. The smallest absolute Gasteiger partial charge is 0.272 e. The number of hydrogen-bond acceptors (Lipinski definition) is 5. The predicted molar refractivity (Wildman–Crippen MR) is 97.4 cm³/mol. The van der Waals surface area contributed by atoms with E-state index in [9.17, 15) is 9.59 Å². The molecule has 1 aromatic heterocycles. The lowest BCUT2D eigenvalue weighted by molar-refractivity contribution is -0.132. The van der Waals surface area contributed by atoms with Gasteiger partial charge in [0.05, 0.1) is 11.1 Å². The van der Waals surface area contributed by atoms with Gasteiger partial charge in [0.2, 0.25) is 5.91 Å². The summed E-state index contributed by atoms with van der Waals surface area (Å²) in [5.41, 5.74) is 0.602. The molecule has 134 valence electrons. The molecule has 7 heteroatoms. The first kappa shape index (κ1) is 17.6. The second-order valence-electron chi connectivity index (χ2n) is 6.61. The van der Waals surface area contributed by atoms with E-state index in [0.29, 0.717) is 11.8 Å². The zero-order chi connectivity index (χ0) is 17.8. The van der Waals surface area contributed by atoms with Crippen LogP contribution in [0.1, 0.15) is 32.0 Å². The lowest BCUT2D eigenvalue weighted by Crippen LogP contribution is -2.48. The molecular weight excluding hydrogens is 318 g/mol. The van der Waals surface area contributed by atoms with Crippen molar-refractivity contribution in [1.82, 2.24) is 25.7 Å². The highest BCUT2D eigenvalue weighted by molar-refractivity contribution is 5.83. The quantitative estimate of drug-likeness (QED) is 0.747. The van der Waals surface area contributed by atoms with Gasteiger partial charge in [0.1, 0.15) is 0 Å². The Morgan fingerprint density at radius 2 is 1.92 bits per heavy atom. The van der Waals surface area contributed by atoms with Crippen LogP contribution in [0.2, 0.25) is 0 Å². The summed E-state index contributed by atoms with van der Waals surface area (Å²) in [6.07, 6.45) is 0.450. The molecule has 3 N–H and O–H groups in total. The number of hydrogen-bond donors (Lipinski definition) is 3. The highest BCUT2D eigenvalue weighted by atomic mass is 16.2. The van der Waals surface area contributed by atoms with Gasteiger partial charge in [-0.15, -0.1) is 0 Å². The maximum Gasteiger partial charge on any atom is 0.272 e. The minimum absolute atomic E-state index is 0.0184. The Balaban J connectivity index is 1.67. The van der Waals surface area contributed by atoms with Crippen molar-refractivity contribution >= 4 is 16.7 Å². The number of benzene rings is 1. The summed E-state index contributed by atoms with van der Waals surface area (Å²) in [5.74, 6) is 0.174. The number of nitrogens with one attached hydrogen (secondary N) is 3. The van der Waals surface area contributed by atoms with Crippen LogP contribution in [0.5, 0.6) is 0 Å². The fourth-order valence-electron chi connectivity index (χ4n) is 3.34. The van der Waals surface area contributed by atoms with Crippen LogP contribution in [-0.2, 0) is 4.79 Å². The summed E-state index contributed by atoms with van der Waals surface area (Å²) in [5, 5.41) is 14.9. The first-order valence-corrected chi connectivity index (χ1v) is 8.78. The molecule has 7 nitrogen and oxygen atoms in total. The summed E-state index contributed by atoms with van der Waals surface area (Å²) >= 11 is 0. The summed E-state index contributed by atoms with van der Waals surface area (Å²) in [6, 6.07) is 7.38. The van der Waals surface area contributed by atoms with E-state index in [1.807, 2.05) is 36.9 Å². The number of piperazine rings is 1. The average Bonchev–Trinajstić information content (AvgIpc) is 2.62. The fraction of sp³-hybridized carbons (Fsp3) is 0.500. The van der Waals surface area contributed by atoms with Gasteiger partial charge in [0.25, 0.3) is 5.56 Å². The lowest BCUT2D eigenvalue weighted by Gasteiger charge is -2.29. The van der Waals surface area contributed by atoms with Gasteiger partial charge in [-0.05, 0) is 19.9 Å². The second kappa shape index (κ2) is 7.76. The third-order valence-electron chi connectivity index (χ3n) is 4.62. The van der Waals surface area contributed by atoms with Crippen LogP contribution in [0.15, 0.2) is 29.1 Å². The van der Waals surface area contributed by atoms with Gasteiger partial charge >= 0.3 is 0 Å². The first-order chi connectivity index (χ1) is 12.1. The number of nitrogens with zero attached hydrogens (tertiary/aromatic N) is 2. The summed E-state index contributed by atoms with van der Waals surface area (Å²) in [7, 11) is 0. The van der Waals surface area contributed by atoms with E-state index >= 15 is 0 Å². The van der Waals surface area contributed by atoms with E-state index in [1.54, 1.807) is 6.07 Å². The number of carbonyl (C=O) groups excluding carboxylic acids is 1. The normalized spacial score (nSPS) is 17.4. The van der Waals surface area contributed by atoms with Gasteiger partial charge < -0.3 is 15.5 Å². The van der Waals surface area contributed by atoms with Crippen molar-refractivity contribution in [3.63, 3.8) is 0 Å². The van der Waals surface area contributed by atoms with Crippen LogP contribution in [0, 0.1) is 0 Å². The molecule has 0 radical (unpaired) electrons. The van der Waals surface area contributed by atoms with Gasteiger partial charge in [0.15, 0.2) is 0 Å². The summed E-state index contributed by atoms with van der Waals surface area (Å²) < 4.78 is 0. The monoisotopic (exact) mass is 343 g/mol. The van der Waals surface area contributed by atoms with E-state index in [1.165, 1.54) is 0 Å². The molecule has 1 amide bonds. The number of aromatic amines is 1. The molecule has 0 aliphatic carbocycles. The number of aromatic nitrogens is 2. The number of rotatable bonds is 5. The van der Waals surface area contributed by atoms with Gasteiger partial charge in [-0.3, -0.25) is 9.59 Å². The molecule has 2 unspecified atom stereocenters. The van der Waals surface area contributed by atoms with Crippen LogP contribution in [0.25, 0.3) is 10.8 Å². The molecule has 0 bridgehead atoms. The Morgan fingerprint density at radius 3 is 2.64 bits per heavy atom. The van der Waals surface area contributed by atoms with Crippen molar-refractivity contribution in [2.45, 2.75) is 32.4 Å². The second-order valence-corrected chi connectivity index (χ2v) is 6.61. The standard InChI is InChI=1S/C18H25N5O2/c1-12(11-16(24)23-9-7-19-8-10-23)20-13(2)17-14-5-3-4-6-15(14)18(25)22-21-17/h3-6,12-13,19-20H,7-11H2,1-2H3,(H,22,25). The molecule has 1 aromatic carbocycles. The third-order valence-corrected chi connectivity index (χ3v) is 4.62. The van der Waals surface area contributed by atoms with E-state index in [0.717, 1.165) is 37.3 Å². The van der Waals surface area contributed by atoms with Crippen molar-refractivity contribution in [3.05, 3.63) is 40.3 Å². The van der Waals surface area contributed by atoms with E-state index in [4.69, 9.17) is 0 Å². The molecule has 1 aliphatic rings. The van der Waals surface area contributed by atoms with Gasteiger partial charge in [-0.2, -0.15) is 5.10 Å². The van der Waals surface area contributed by atoms with Crippen LogP contribution in [0.4, 0.5) is 0 Å². The van der Waals surface area contributed by atoms with Crippen LogP contribution < -0.4 is 16.2 Å². The third kappa shape index (κ3) is 4.05. The minimum Gasteiger partial charge on any atom is -0.340 e. The fourth-order valence-corrected chi connectivity index (χ4v) is 3.34. The molecule has 2 atom stereocenters. The van der Waals surface area contributed by atoms with Crippen LogP contribution >= 0.6 is 0 Å². The Morgan fingerprint density at radius 1 is 1.24 bits per heavy atom. The number of amides is 1. The zero-order valence-electron chi connectivity index (χ0n) is 14.7. The number of H-pyrrole nitrogens is 1. The largest absolute Gasteiger partial charge is 0.340 e. The van der Waals surface area contributed by atoms with Crippen LogP contribution in [0.3, 0.4) is 0 Å². The summed E-state index contributed by atoms with van der Waals surface area (Å²) in [6.45, 7) is 7.26. The first-order valence-electron chi connectivity index (χ1n) is 8.78. The Bertz CT molecular complexity index is 797. The average molecular weight is 343 g/mol. The SMILES string of the molecule is CC(CC(=O)N1CCNCC1)NC(C)c1n[nH]c(=O)c2ccccc12. The van der Waals surface area contributed by atoms with Crippen LogP contribution in [-0.4, -0.2) is 53.2 Å². The highest BCUT2D eigenvalue weighted by Crippen LogP contribution is 2.19. The van der Waals surface area contributed by atoms with Crippen molar-refractivity contribution in [3.8, 4) is 0 Å². The maximum absolute atomic E-state index is 12.4. The molecule has 0 spiro atoms. The molecule has 2 aromatic rings. The predicted octanol–water partition coefficient (Wildman–Crippen LogP) is 0.784. The lowest BCUT2D eigenvalue weighted by atomic mass is 10.1. The molecule has 1 saturated heterocycles. The highest BCUT2D eigenvalue weighted by Gasteiger charge is 2.21. The van der Waals surface area contributed by atoms with Gasteiger partial charge in [-0.25, -0.2) is 5.10 Å². The van der Waals surface area contributed by atoms with E-state index < -0.39 is 0 Å². The molecule has 1 aliphatic heterocycles. The molecule has 1 fully saturated rings. The van der Waals surface area contributed by atoms with Gasteiger partial charge in [0, 0.05) is 50.1 Å². The minimum atomic E-state index is -0.187. The van der Waals surface area contributed by atoms with Crippen molar-refractivity contribution in [2.24, 2.45) is 0 Å². The van der Waals surface area contributed by atoms with E-state index in [-0.39, 0.29) is 23.6 Å². The Labute approximate surface area is 146 Å². The van der Waals surface area contributed by atoms with Crippen molar-refractivity contribution in [1.29, 1.82) is 0 Å². The molecule has 0 saturated carbocycles. The number of fused-ring (bicyclic) bond motifs is 1. The van der Waals surface area contributed by atoms with Gasteiger partial charge in [-0.1, -0.05) is 18.2 Å². The van der Waals surface area contributed by atoms with E-state index in [2.05, 4.69) is 20.8 Å². The maximum atomic E-state index is 12.4. The number of carbonyl (C=O) groups is 1. The molecule has 25 heavy (non-hydrogen) atoms. The van der Waals surface area contributed by atoms with Crippen molar-refractivity contribution < 1.29 is 4.79 Å². The van der Waals surface area contributed by atoms with Crippen molar-refractivity contribution in [2.75, 3.05) is 26.2 Å². The zero-order valence-corrected chi connectivity index (χ0v) is 14.7. The molecular formula is C18H25N5O2.